The molecule has 0 aliphatic carbocycles. The Balaban J connectivity index is 2.36. The molecule has 2 rings (SSSR count). The SMILES string of the molecule is Cc1[nH]c(-c2ccccc2Cl)nc1C(=O)OC(C)(C)C. The van der Waals surface area contributed by atoms with E-state index in [9.17, 15) is 4.79 Å². The highest BCUT2D eigenvalue weighted by Crippen LogP contribution is 2.26. The van der Waals surface area contributed by atoms with Gasteiger partial charge in [0.25, 0.3) is 0 Å². The molecule has 0 spiro atoms. The lowest BCUT2D eigenvalue weighted by atomic mass is 10.2. The molecule has 1 aromatic carbocycles. The van der Waals surface area contributed by atoms with Gasteiger partial charge < -0.3 is 9.72 Å². The maximum atomic E-state index is 12.1. The highest BCUT2D eigenvalue weighted by molar-refractivity contribution is 6.33. The van der Waals surface area contributed by atoms with Crippen LogP contribution in [0.4, 0.5) is 0 Å². The number of hydrogen-bond donors (Lipinski definition) is 1. The molecule has 106 valence electrons. The van der Waals surface area contributed by atoms with Gasteiger partial charge in [-0.25, -0.2) is 9.78 Å². The third-order valence-corrected chi connectivity index (χ3v) is 2.94. The largest absolute Gasteiger partial charge is 0.455 e. The molecule has 1 aromatic heterocycles. The summed E-state index contributed by atoms with van der Waals surface area (Å²) in [6, 6.07) is 7.34. The number of H-pyrrole nitrogens is 1. The summed E-state index contributed by atoms with van der Waals surface area (Å²) >= 11 is 6.13. The summed E-state index contributed by atoms with van der Waals surface area (Å²) in [7, 11) is 0. The lowest BCUT2D eigenvalue weighted by Crippen LogP contribution is -2.24. The molecule has 0 radical (unpaired) electrons. The van der Waals surface area contributed by atoms with Crippen LogP contribution in [0.2, 0.25) is 5.02 Å². The molecule has 1 N–H and O–H groups in total. The smallest absolute Gasteiger partial charge is 0.359 e. The Morgan fingerprint density at radius 1 is 1.30 bits per heavy atom. The number of carbonyl (C=O) groups excluding carboxylic acids is 1. The van der Waals surface area contributed by atoms with Crippen molar-refractivity contribution >= 4 is 17.6 Å². The van der Waals surface area contributed by atoms with E-state index in [2.05, 4.69) is 9.97 Å². The number of rotatable bonds is 2. The van der Waals surface area contributed by atoms with Gasteiger partial charge in [-0.05, 0) is 39.8 Å². The van der Waals surface area contributed by atoms with Gasteiger partial charge in [0.1, 0.15) is 11.4 Å². The van der Waals surface area contributed by atoms with Crippen LogP contribution in [0, 0.1) is 6.92 Å². The summed E-state index contributed by atoms with van der Waals surface area (Å²) in [5.74, 6) is 0.124. The Labute approximate surface area is 123 Å². The maximum absolute atomic E-state index is 12.1. The summed E-state index contributed by atoms with van der Waals surface area (Å²) in [4.78, 5) is 19.5. The van der Waals surface area contributed by atoms with Gasteiger partial charge >= 0.3 is 5.97 Å². The number of aromatic amines is 1. The van der Waals surface area contributed by atoms with Gasteiger partial charge in [0.15, 0.2) is 5.69 Å². The first-order valence-corrected chi connectivity index (χ1v) is 6.70. The Morgan fingerprint density at radius 2 is 1.95 bits per heavy atom. The van der Waals surface area contributed by atoms with Crippen LogP contribution >= 0.6 is 11.6 Å². The Kier molecular flexibility index (Phi) is 3.86. The van der Waals surface area contributed by atoms with Gasteiger partial charge in [-0.1, -0.05) is 23.7 Å². The second-order valence-corrected chi connectivity index (χ2v) is 5.95. The van der Waals surface area contributed by atoms with Crippen LogP contribution in [0.5, 0.6) is 0 Å². The quantitative estimate of drug-likeness (QED) is 0.851. The number of ether oxygens (including phenoxy) is 1. The third kappa shape index (κ3) is 3.20. The molecule has 0 amide bonds. The van der Waals surface area contributed by atoms with Gasteiger partial charge in [-0.3, -0.25) is 0 Å². The number of nitrogens with one attached hydrogen (secondary N) is 1. The van der Waals surface area contributed by atoms with Crippen molar-refractivity contribution in [3.05, 3.63) is 40.7 Å². The predicted molar refractivity (Wildman–Crippen MR) is 78.9 cm³/mol. The van der Waals surface area contributed by atoms with Crippen LogP contribution in [0.15, 0.2) is 24.3 Å². The molecule has 2 aromatic rings. The molecule has 0 fully saturated rings. The van der Waals surface area contributed by atoms with E-state index in [-0.39, 0.29) is 5.69 Å². The van der Waals surface area contributed by atoms with Crippen LogP contribution in [0.1, 0.15) is 37.0 Å². The standard InChI is InChI=1S/C15H17ClN2O2/c1-9-12(14(19)20-15(2,3)4)18-13(17-9)10-7-5-6-8-11(10)16/h5-8H,1-4H3,(H,17,18). The summed E-state index contributed by atoms with van der Waals surface area (Å²) in [5.41, 5.74) is 1.16. The van der Waals surface area contributed by atoms with Gasteiger partial charge in [0.2, 0.25) is 0 Å². The number of hydrogen-bond acceptors (Lipinski definition) is 3. The highest BCUT2D eigenvalue weighted by atomic mass is 35.5. The van der Waals surface area contributed by atoms with Crippen molar-refractivity contribution in [2.75, 3.05) is 0 Å². The number of halogens is 1. The van der Waals surface area contributed by atoms with Crippen LogP contribution in [-0.4, -0.2) is 21.5 Å². The Morgan fingerprint density at radius 3 is 2.55 bits per heavy atom. The molecule has 4 nitrogen and oxygen atoms in total. The van der Waals surface area contributed by atoms with Crippen molar-refractivity contribution in [3.8, 4) is 11.4 Å². The normalized spacial score (nSPS) is 11.4. The number of aryl methyl sites for hydroxylation is 1. The molecule has 20 heavy (non-hydrogen) atoms. The molecule has 0 unspecified atom stereocenters. The fourth-order valence-electron chi connectivity index (χ4n) is 1.77. The molecule has 0 saturated heterocycles. The van der Waals surface area contributed by atoms with Crippen molar-refractivity contribution in [1.82, 2.24) is 9.97 Å². The fourth-order valence-corrected chi connectivity index (χ4v) is 1.99. The summed E-state index contributed by atoms with van der Waals surface area (Å²) < 4.78 is 5.33. The third-order valence-electron chi connectivity index (χ3n) is 2.61. The Hall–Kier alpha value is -1.81. The van der Waals surface area contributed by atoms with Crippen molar-refractivity contribution in [1.29, 1.82) is 0 Å². The first-order valence-electron chi connectivity index (χ1n) is 6.33. The van der Waals surface area contributed by atoms with Gasteiger partial charge in [0, 0.05) is 11.3 Å². The number of carbonyl (C=O) groups is 1. The fraction of sp³-hybridized carbons (Fsp3) is 0.333. The number of imidazole rings is 1. The number of aromatic nitrogens is 2. The van der Waals surface area contributed by atoms with E-state index >= 15 is 0 Å². The lowest BCUT2D eigenvalue weighted by molar-refractivity contribution is 0.00627. The monoisotopic (exact) mass is 292 g/mol. The van der Waals surface area contributed by atoms with Crippen LogP contribution < -0.4 is 0 Å². The van der Waals surface area contributed by atoms with Crippen LogP contribution in [0.25, 0.3) is 11.4 Å². The minimum absolute atomic E-state index is 0.287. The van der Waals surface area contributed by atoms with Crippen molar-refractivity contribution in [3.63, 3.8) is 0 Å². The summed E-state index contributed by atoms with van der Waals surface area (Å²) in [6.07, 6.45) is 0. The molecule has 5 heteroatoms. The lowest BCUT2D eigenvalue weighted by Gasteiger charge is -2.18. The van der Waals surface area contributed by atoms with E-state index in [1.165, 1.54) is 0 Å². The zero-order chi connectivity index (χ0) is 14.9. The first-order chi connectivity index (χ1) is 9.28. The molecule has 0 bridgehead atoms. The molecule has 0 saturated carbocycles. The van der Waals surface area contributed by atoms with Gasteiger partial charge in [-0.2, -0.15) is 0 Å². The molecular formula is C15H17ClN2O2. The highest BCUT2D eigenvalue weighted by Gasteiger charge is 2.23. The molecule has 0 aliphatic heterocycles. The molecule has 0 atom stereocenters. The van der Waals surface area contributed by atoms with E-state index in [0.717, 1.165) is 5.56 Å². The minimum Gasteiger partial charge on any atom is -0.455 e. The van der Waals surface area contributed by atoms with E-state index in [4.69, 9.17) is 16.3 Å². The topological polar surface area (TPSA) is 55.0 Å². The molecule has 0 aliphatic rings. The zero-order valence-electron chi connectivity index (χ0n) is 12.0. The van der Waals surface area contributed by atoms with Crippen molar-refractivity contribution < 1.29 is 9.53 Å². The van der Waals surface area contributed by atoms with E-state index in [0.29, 0.717) is 16.5 Å². The number of benzene rings is 1. The van der Waals surface area contributed by atoms with Crippen molar-refractivity contribution in [2.24, 2.45) is 0 Å². The van der Waals surface area contributed by atoms with E-state index in [1.54, 1.807) is 13.0 Å². The first kappa shape index (κ1) is 14.6. The van der Waals surface area contributed by atoms with Crippen LogP contribution in [-0.2, 0) is 4.74 Å². The van der Waals surface area contributed by atoms with E-state index < -0.39 is 11.6 Å². The van der Waals surface area contributed by atoms with Gasteiger partial charge in [-0.15, -0.1) is 0 Å². The minimum atomic E-state index is -0.549. The number of nitrogens with zero attached hydrogens (tertiary/aromatic N) is 1. The second kappa shape index (κ2) is 5.29. The maximum Gasteiger partial charge on any atom is 0.359 e. The van der Waals surface area contributed by atoms with Crippen molar-refractivity contribution in [2.45, 2.75) is 33.3 Å². The Bertz CT molecular complexity index is 642. The zero-order valence-corrected chi connectivity index (χ0v) is 12.7. The molecular weight excluding hydrogens is 276 g/mol. The second-order valence-electron chi connectivity index (χ2n) is 5.54. The summed E-state index contributed by atoms with van der Waals surface area (Å²) in [5, 5.41) is 0.581. The summed E-state index contributed by atoms with van der Waals surface area (Å²) in [6.45, 7) is 7.25. The average molecular weight is 293 g/mol. The number of esters is 1. The molecule has 1 heterocycles. The predicted octanol–water partition coefficient (Wildman–Crippen LogP) is 3.99. The van der Waals surface area contributed by atoms with Gasteiger partial charge in [0.05, 0.1) is 5.02 Å². The van der Waals surface area contributed by atoms with E-state index in [1.807, 2.05) is 39.0 Å². The average Bonchev–Trinajstić information content (AvgIpc) is 2.69. The van der Waals surface area contributed by atoms with Crippen LogP contribution in [0.3, 0.4) is 0 Å².